The van der Waals surface area contributed by atoms with Crippen molar-refractivity contribution >= 4 is 18.3 Å². The molecule has 0 aromatic heterocycles. The molecule has 3 N–H and O–H groups in total. The van der Waals surface area contributed by atoms with Crippen molar-refractivity contribution < 1.29 is 9.18 Å². The highest BCUT2D eigenvalue weighted by Gasteiger charge is 2.41. The molecule has 1 fully saturated rings. The van der Waals surface area contributed by atoms with Gasteiger partial charge in [0.2, 0.25) is 5.91 Å². The molecule has 2 rings (SSSR count). The number of hydrogen-bond acceptors (Lipinski definition) is 2. The van der Waals surface area contributed by atoms with Gasteiger partial charge in [0.05, 0.1) is 5.54 Å². The molecule has 1 aromatic carbocycles. The maximum atomic E-state index is 13.2. The minimum Gasteiger partial charge on any atom is -0.349 e. The van der Waals surface area contributed by atoms with Crippen LogP contribution in [-0.2, 0) is 4.79 Å². The highest BCUT2D eigenvalue weighted by Crippen LogP contribution is 2.39. The fourth-order valence-electron chi connectivity index (χ4n) is 2.62. The molecule has 3 nitrogen and oxygen atoms in total. The Morgan fingerprint density at radius 3 is 2.71 bits per heavy atom. The first-order valence-corrected chi connectivity index (χ1v) is 7.21. The van der Waals surface area contributed by atoms with Crippen LogP contribution in [0, 0.1) is 11.7 Å². The molecule has 0 bridgehead atoms. The zero-order valence-corrected chi connectivity index (χ0v) is 13.4. The van der Waals surface area contributed by atoms with Gasteiger partial charge in [0, 0.05) is 13.0 Å². The first kappa shape index (κ1) is 17.9. The minimum atomic E-state index is -0.293. The lowest BCUT2D eigenvalue weighted by atomic mass is 9.93. The van der Waals surface area contributed by atoms with Gasteiger partial charge in [-0.15, -0.1) is 12.4 Å². The molecule has 0 aliphatic heterocycles. The van der Waals surface area contributed by atoms with E-state index in [0.29, 0.717) is 18.9 Å². The average Bonchev–Trinajstić information content (AvgIpc) is 3.23. The van der Waals surface area contributed by atoms with Crippen LogP contribution >= 0.6 is 12.4 Å². The van der Waals surface area contributed by atoms with Crippen molar-refractivity contribution in [2.45, 2.75) is 44.6 Å². The SMILES string of the molecule is CC(CC(=O)NC(C)(CN)C1CC1)c1cccc(F)c1.Cl. The van der Waals surface area contributed by atoms with E-state index in [1.165, 1.54) is 12.1 Å². The van der Waals surface area contributed by atoms with E-state index >= 15 is 0 Å². The molecule has 0 spiro atoms. The number of carbonyl (C=O) groups is 1. The Kier molecular flexibility index (Phi) is 6.17. The summed E-state index contributed by atoms with van der Waals surface area (Å²) in [7, 11) is 0. The zero-order valence-electron chi connectivity index (χ0n) is 12.6. The number of carbonyl (C=O) groups excluding carboxylic acids is 1. The molecule has 1 amide bonds. The van der Waals surface area contributed by atoms with Gasteiger partial charge in [-0.1, -0.05) is 19.1 Å². The van der Waals surface area contributed by atoms with Crippen LogP contribution in [0.1, 0.15) is 44.6 Å². The van der Waals surface area contributed by atoms with Crippen molar-refractivity contribution in [3.8, 4) is 0 Å². The molecule has 0 heterocycles. The molecule has 118 valence electrons. The Hall–Kier alpha value is -1.13. The first-order valence-electron chi connectivity index (χ1n) is 7.21. The van der Waals surface area contributed by atoms with E-state index in [-0.39, 0.29) is 35.6 Å². The van der Waals surface area contributed by atoms with Crippen LogP contribution in [0.4, 0.5) is 4.39 Å². The van der Waals surface area contributed by atoms with Gasteiger partial charge in [-0.05, 0) is 49.3 Å². The third-order valence-corrected chi connectivity index (χ3v) is 4.24. The number of rotatable bonds is 6. The third kappa shape index (κ3) is 4.68. The molecule has 1 aliphatic rings. The monoisotopic (exact) mass is 314 g/mol. The molecule has 1 aromatic rings. The predicted molar refractivity (Wildman–Crippen MR) is 85.0 cm³/mol. The zero-order chi connectivity index (χ0) is 14.8. The molecule has 2 atom stereocenters. The molecule has 1 saturated carbocycles. The number of nitrogens with one attached hydrogen (secondary N) is 1. The Labute approximate surface area is 131 Å². The second kappa shape index (κ2) is 7.23. The highest BCUT2D eigenvalue weighted by molar-refractivity contribution is 5.85. The summed E-state index contributed by atoms with van der Waals surface area (Å²) < 4.78 is 13.2. The van der Waals surface area contributed by atoms with Crippen molar-refractivity contribution in [1.82, 2.24) is 5.32 Å². The maximum absolute atomic E-state index is 13.2. The van der Waals surface area contributed by atoms with Gasteiger partial charge in [0.1, 0.15) is 5.82 Å². The van der Waals surface area contributed by atoms with E-state index in [1.807, 2.05) is 19.9 Å². The molecular formula is C16H24ClFN2O. The number of halogens is 2. The van der Waals surface area contributed by atoms with Crippen molar-refractivity contribution in [2.24, 2.45) is 11.7 Å². The molecule has 0 saturated heterocycles. The summed E-state index contributed by atoms with van der Waals surface area (Å²) in [6, 6.07) is 6.42. The van der Waals surface area contributed by atoms with E-state index in [9.17, 15) is 9.18 Å². The highest BCUT2D eigenvalue weighted by atomic mass is 35.5. The van der Waals surface area contributed by atoms with Crippen LogP contribution in [0.15, 0.2) is 24.3 Å². The molecule has 0 radical (unpaired) electrons. The molecule has 1 aliphatic carbocycles. The number of amides is 1. The van der Waals surface area contributed by atoms with Gasteiger partial charge in [-0.3, -0.25) is 4.79 Å². The standard InChI is InChI=1S/C16H23FN2O.ClH/c1-11(12-4-3-5-14(17)9-12)8-15(20)19-16(2,10-18)13-6-7-13;/h3-5,9,11,13H,6-8,10,18H2,1-2H3,(H,19,20);1H. The van der Waals surface area contributed by atoms with Gasteiger partial charge in [-0.25, -0.2) is 4.39 Å². The van der Waals surface area contributed by atoms with Crippen LogP contribution in [0.5, 0.6) is 0 Å². The summed E-state index contributed by atoms with van der Waals surface area (Å²) in [4.78, 5) is 12.2. The first-order chi connectivity index (χ1) is 9.44. The number of hydrogen-bond donors (Lipinski definition) is 2. The van der Waals surface area contributed by atoms with Crippen LogP contribution in [0.2, 0.25) is 0 Å². The van der Waals surface area contributed by atoms with Crippen LogP contribution in [-0.4, -0.2) is 18.0 Å². The van der Waals surface area contributed by atoms with Gasteiger partial charge < -0.3 is 11.1 Å². The van der Waals surface area contributed by atoms with Crippen molar-refractivity contribution in [2.75, 3.05) is 6.54 Å². The Balaban J connectivity index is 0.00000220. The van der Waals surface area contributed by atoms with Gasteiger partial charge in [-0.2, -0.15) is 0 Å². The lowest BCUT2D eigenvalue weighted by Gasteiger charge is -2.30. The van der Waals surface area contributed by atoms with Crippen molar-refractivity contribution in [3.05, 3.63) is 35.6 Å². The summed E-state index contributed by atoms with van der Waals surface area (Å²) in [5.41, 5.74) is 6.35. The van der Waals surface area contributed by atoms with E-state index < -0.39 is 0 Å². The van der Waals surface area contributed by atoms with Crippen molar-refractivity contribution in [1.29, 1.82) is 0 Å². The fourth-order valence-corrected chi connectivity index (χ4v) is 2.62. The average molecular weight is 315 g/mol. The summed E-state index contributed by atoms with van der Waals surface area (Å²) in [5.74, 6) is 0.217. The number of nitrogens with two attached hydrogens (primary N) is 1. The Morgan fingerprint density at radius 1 is 1.52 bits per heavy atom. The largest absolute Gasteiger partial charge is 0.349 e. The van der Waals surface area contributed by atoms with E-state index in [1.54, 1.807) is 6.07 Å². The summed E-state index contributed by atoms with van der Waals surface area (Å²) in [6.07, 6.45) is 2.62. The quantitative estimate of drug-likeness (QED) is 0.848. The number of benzene rings is 1. The molecule has 5 heteroatoms. The Bertz CT molecular complexity index is 493. The lowest BCUT2D eigenvalue weighted by molar-refractivity contribution is -0.123. The second-order valence-electron chi connectivity index (χ2n) is 6.10. The van der Waals surface area contributed by atoms with Gasteiger partial charge in [0.15, 0.2) is 0 Å². The predicted octanol–water partition coefficient (Wildman–Crippen LogP) is 2.98. The minimum absolute atomic E-state index is 0. The van der Waals surface area contributed by atoms with E-state index in [0.717, 1.165) is 18.4 Å². The van der Waals surface area contributed by atoms with E-state index in [4.69, 9.17) is 5.73 Å². The van der Waals surface area contributed by atoms with Gasteiger partial charge in [0.25, 0.3) is 0 Å². The van der Waals surface area contributed by atoms with Gasteiger partial charge >= 0.3 is 0 Å². The normalized spacial score (nSPS) is 18.3. The van der Waals surface area contributed by atoms with Crippen LogP contribution < -0.4 is 11.1 Å². The smallest absolute Gasteiger partial charge is 0.221 e. The van der Waals surface area contributed by atoms with Crippen LogP contribution in [0.25, 0.3) is 0 Å². The summed E-state index contributed by atoms with van der Waals surface area (Å²) >= 11 is 0. The molecular weight excluding hydrogens is 291 g/mol. The molecule has 2 unspecified atom stereocenters. The topological polar surface area (TPSA) is 55.1 Å². The fraction of sp³-hybridized carbons (Fsp3) is 0.562. The Morgan fingerprint density at radius 2 is 2.19 bits per heavy atom. The van der Waals surface area contributed by atoms with Crippen molar-refractivity contribution in [3.63, 3.8) is 0 Å². The maximum Gasteiger partial charge on any atom is 0.221 e. The summed E-state index contributed by atoms with van der Waals surface area (Å²) in [5, 5.41) is 3.06. The third-order valence-electron chi connectivity index (χ3n) is 4.24. The lowest BCUT2D eigenvalue weighted by Crippen LogP contribution is -2.53. The van der Waals surface area contributed by atoms with E-state index in [2.05, 4.69) is 5.32 Å². The summed E-state index contributed by atoms with van der Waals surface area (Å²) in [6.45, 7) is 4.40. The molecule has 21 heavy (non-hydrogen) atoms. The van der Waals surface area contributed by atoms with Crippen LogP contribution in [0.3, 0.4) is 0 Å². The second-order valence-corrected chi connectivity index (χ2v) is 6.10.